The van der Waals surface area contributed by atoms with Gasteiger partial charge >= 0.3 is 0 Å². The van der Waals surface area contributed by atoms with Gasteiger partial charge in [0, 0.05) is 34.4 Å². The summed E-state index contributed by atoms with van der Waals surface area (Å²) in [6.45, 7) is 3.58. The predicted molar refractivity (Wildman–Crippen MR) is 93.2 cm³/mol. The molecule has 0 bridgehead atoms. The lowest BCUT2D eigenvalue weighted by Gasteiger charge is -2.21. The number of H-pyrrole nitrogens is 1. The topological polar surface area (TPSA) is 80.2 Å². The maximum atomic E-state index is 13.7. The number of nitrogens with one attached hydrogen (secondary N) is 2. The van der Waals surface area contributed by atoms with Crippen LogP contribution in [0, 0.1) is 11.2 Å². The highest BCUT2D eigenvalue weighted by Gasteiger charge is 2.30. The van der Waals surface area contributed by atoms with Crippen molar-refractivity contribution in [3.05, 3.63) is 35.3 Å². The molecule has 5 nitrogen and oxygen atoms in total. The molecule has 3 N–H and O–H groups in total. The van der Waals surface area contributed by atoms with Crippen LogP contribution in [0.15, 0.2) is 18.2 Å². The predicted octanol–water partition coefficient (Wildman–Crippen LogP) is 3.00. The van der Waals surface area contributed by atoms with Crippen molar-refractivity contribution in [1.82, 2.24) is 9.88 Å². The number of aliphatic hydroxyl groups excluding tert-OH is 1. The molecule has 2 atom stereocenters. The Labute approximate surface area is 141 Å². The zero-order chi connectivity index (χ0) is 18.0. The highest BCUT2D eigenvalue weighted by molar-refractivity contribution is 6.08. The van der Waals surface area contributed by atoms with Gasteiger partial charge in [-0.25, -0.2) is 4.39 Å². The molecule has 0 aliphatic rings. The molecular weight excluding hydrogens is 309 g/mol. The number of fused-ring (bicyclic) bond motifs is 1. The molecule has 0 aliphatic carbocycles. The van der Waals surface area contributed by atoms with Crippen LogP contribution in [0.4, 0.5) is 4.39 Å². The van der Waals surface area contributed by atoms with Gasteiger partial charge < -0.3 is 20.4 Å². The molecule has 2 unspecified atom stereocenters. The van der Waals surface area contributed by atoms with Crippen molar-refractivity contribution >= 4 is 22.4 Å². The summed E-state index contributed by atoms with van der Waals surface area (Å²) in [6.07, 6.45) is -0.464. The van der Waals surface area contributed by atoms with Gasteiger partial charge in [0.25, 0.3) is 0 Å². The number of aromatic nitrogens is 1. The Morgan fingerprint density at radius 3 is 2.62 bits per heavy atom. The number of likely N-dealkylation sites (N-methyl/N-ethyl adjacent to an activating group) is 1. The van der Waals surface area contributed by atoms with Crippen LogP contribution in [0.3, 0.4) is 0 Å². The molecule has 6 heteroatoms. The second kappa shape index (κ2) is 7.23. The number of carbonyl (C=O) groups is 1. The number of hydrogen-bond acceptors (Lipinski definition) is 4. The van der Waals surface area contributed by atoms with Crippen LogP contribution in [-0.4, -0.2) is 47.1 Å². The third-order valence-electron chi connectivity index (χ3n) is 4.13. The van der Waals surface area contributed by atoms with Crippen LogP contribution in [0.2, 0.25) is 0 Å². The minimum atomic E-state index is -0.892. The van der Waals surface area contributed by atoms with Crippen LogP contribution in [0.5, 0.6) is 0 Å². The van der Waals surface area contributed by atoms with Crippen LogP contribution in [-0.2, 0) is 4.79 Å². The first-order valence-corrected chi connectivity index (χ1v) is 7.97. The van der Waals surface area contributed by atoms with Gasteiger partial charge in [-0.1, -0.05) is 6.92 Å². The molecule has 0 fully saturated rings. The zero-order valence-corrected chi connectivity index (χ0v) is 14.5. The Bertz CT molecular complexity index is 767. The van der Waals surface area contributed by atoms with E-state index in [1.54, 1.807) is 6.07 Å². The van der Waals surface area contributed by atoms with Gasteiger partial charge in [0.2, 0.25) is 0 Å². The molecule has 1 aromatic carbocycles. The molecular formula is C18H24FN3O2. The summed E-state index contributed by atoms with van der Waals surface area (Å²) < 4.78 is 13.7. The number of aromatic amines is 1. The summed E-state index contributed by atoms with van der Waals surface area (Å²) in [4.78, 5) is 17.1. The molecule has 1 aromatic heterocycles. The van der Waals surface area contributed by atoms with Crippen LogP contribution >= 0.6 is 0 Å². The fourth-order valence-electron chi connectivity index (χ4n) is 3.06. The summed E-state index contributed by atoms with van der Waals surface area (Å²) in [7, 11) is 3.66. The van der Waals surface area contributed by atoms with Gasteiger partial charge in [0.1, 0.15) is 11.6 Å². The lowest BCUT2D eigenvalue weighted by molar-refractivity contribution is -0.117. The largest absolute Gasteiger partial charge is 0.387 e. The standard InChI is InChI=1S/C18H24FN3O2/c1-5-13(20)16(10(2)23)18-17(15(24)9-22(3)4)12-8-11(19)6-7-14(12)21-18/h6-8,15-16,20-21,24H,5,9H2,1-4H3. The van der Waals surface area contributed by atoms with E-state index in [4.69, 9.17) is 5.41 Å². The molecule has 0 radical (unpaired) electrons. The third kappa shape index (κ3) is 3.55. The molecule has 0 amide bonds. The average Bonchev–Trinajstić information content (AvgIpc) is 2.83. The molecule has 130 valence electrons. The van der Waals surface area contributed by atoms with E-state index in [1.165, 1.54) is 19.1 Å². The van der Waals surface area contributed by atoms with E-state index in [2.05, 4.69) is 4.98 Å². The quantitative estimate of drug-likeness (QED) is 0.681. The normalized spacial score (nSPS) is 14.1. The van der Waals surface area contributed by atoms with E-state index in [9.17, 15) is 14.3 Å². The SMILES string of the molecule is CCC(=N)C(C(C)=O)c1[nH]c2ccc(F)cc2c1C(O)CN(C)C. The smallest absolute Gasteiger partial charge is 0.144 e. The number of benzene rings is 1. The van der Waals surface area contributed by atoms with Gasteiger partial charge in [0.05, 0.1) is 12.0 Å². The number of ketones is 1. The van der Waals surface area contributed by atoms with E-state index in [0.717, 1.165) is 0 Å². The molecule has 0 saturated carbocycles. The number of carbonyl (C=O) groups excluding carboxylic acids is 1. The van der Waals surface area contributed by atoms with Crippen molar-refractivity contribution in [2.24, 2.45) is 0 Å². The minimum Gasteiger partial charge on any atom is -0.387 e. The lowest BCUT2D eigenvalue weighted by Crippen LogP contribution is -2.24. The number of hydrogen-bond donors (Lipinski definition) is 3. The Morgan fingerprint density at radius 2 is 2.08 bits per heavy atom. The van der Waals surface area contributed by atoms with E-state index in [-0.39, 0.29) is 11.5 Å². The van der Waals surface area contributed by atoms with E-state index in [0.29, 0.717) is 35.1 Å². The van der Waals surface area contributed by atoms with Crippen LogP contribution in [0.25, 0.3) is 10.9 Å². The summed E-state index contributed by atoms with van der Waals surface area (Å²) in [5, 5.41) is 19.4. The Morgan fingerprint density at radius 1 is 1.42 bits per heavy atom. The number of halogens is 1. The van der Waals surface area contributed by atoms with Crippen molar-refractivity contribution in [3.8, 4) is 0 Å². The first-order valence-electron chi connectivity index (χ1n) is 7.97. The van der Waals surface area contributed by atoms with Gasteiger partial charge in [-0.15, -0.1) is 0 Å². The molecule has 0 spiro atoms. The molecule has 2 aromatic rings. The van der Waals surface area contributed by atoms with Crippen molar-refractivity contribution < 1.29 is 14.3 Å². The Balaban J connectivity index is 2.71. The van der Waals surface area contributed by atoms with Crippen LogP contribution in [0.1, 0.15) is 43.5 Å². The lowest BCUT2D eigenvalue weighted by atomic mass is 9.89. The first-order chi connectivity index (χ1) is 11.3. The van der Waals surface area contributed by atoms with Crippen molar-refractivity contribution in [1.29, 1.82) is 5.41 Å². The van der Waals surface area contributed by atoms with Gasteiger partial charge in [-0.05, 0) is 45.6 Å². The van der Waals surface area contributed by atoms with E-state index >= 15 is 0 Å². The summed E-state index contributed by atoms with van der Waals surface area (Å²) in [6, 6.07) is 4.28. The minimum absolute atomic E-state index is 0.174. The van der Waals surface area contributed by atoms with Gasteiger partial charge in [0.15, 0.2) is 0 Å². The molecule has 0 saturated heterocycles. The van der Waals surface area contributed by atoms with Gasteiger partial charge in [-0.3, -0.25) is 4.79 Å². The summed E-state index contributed by atoms with van der Waals surface area (Å²) in [5.41, 5.74) is 1.91. The second-order valence-corrected chi connectivity index (χ2v) is 6.34. The van der Waals surface area contributed by atoms with E-state index < -0.39 is 17.8 Å². The molecule has 24 heavy (non-hydrogen) atoms. The zero-order valence-electron chi connectivity index (χ0n) is 14.5. The Kier molecular flexibility index (Phi) is 5.51. The fraction of sp³-hybridized carbons (Fsp3) is 0.444. The Hall–Kier alpha value is -2.05. The highest BCUT2D eigenvalue weighted by Crippen LogP contribution is 2.34. The van der Waals surface area contributed by atoms with Crippen molar-refractivity contribution in [2.45, 2.75) is 32.3 Å². The molecule has 0 aliphatic heterocycles. The average molecular weight is 333 g/mol. The number of rotatable bonds is 7. The fourth-order valence-corrected chi connectivity index (χ4v) is 3.06. The van der Waals surface area contributed by atoms with Crippen molar-refractivity contribution in [2.75, 3.05) is 20.6 Å². The number of Topliss-reactive ketones (excluding diaryl/α,β-unsaturated/α-hetero) is 1. The van der Waals surface area contributed by atoms with Gasteiger partial charge in [-0.2, -0.15) is 0 Å². The van der Waals surface area contributed by atoms with Crippen LogP contribution < -0.4 is 0 Å². The highest BCUT2D eigenvalue weighted by atomic mass is 19.1. The summed E-state index contributed by atoms with van der Waals surface area (Å²) in [5.74, 6) is -1.33. The first kappa shape index (κ1) is 18.3. The number of aliphatic hydroxyl groups is 1. The molecule has 2 rings (SSSR count). The third-order valence-corrected chi connectivity index (χ3v) is 4.13. The van der Waals surface area contributed by atoms with E-state index in [1.807, 2.05) is 25.9 Å². The van der Waals surface area contributed by atoms with Crippen molar-refractivity contribution in [3.63, 3.8) is 0 Å². The second-order valence-electron chi connectivity index (χ2n) is 6.34. The maximum Gasteiger partial charge on any atom is 0.144 e. The summed E-state index contributed by atoms with van der Waals surface area (Å²) >= 11 is 0. The molecule has 1 heterocycles. The maximum absolute atomic E-state index is 13.7. The number of nitrogens with zero attached hydrogens (tertiary/aromatic N) is 1. The monoisotopic (exact) mass is 333 g/mol.